The molecule has 0 bridgehead atoms. The minimum absolute atomic E-state index is 0.0833. The Morgan fingerprint density at radius 2 is 2.48 bits per heavy atom. The predicted molar refractivity (Wildman–Crippen MR) is 73.7 cm³/mol. The maximum atomic E-state index is 11.9. The van der Waals surface area contributed by atoms with E-state index >= 15 is 0 Å². The third-order valence-corrected chi connectivity index (χ3v) is 3.25. The summed E-state index contributed by atoms with van der Waals surface area (Å²) in [5, 5.41) is 25.6. The SMILES string of the molecule is CNC(=O)C1CNCCN1c1ncc([N+](=O)[O-])cc1C#N. The van der Waals surface area contributed by atoms with E-state index in [0.29, 0.717) is 25.5 Å². The van der Waals surface area contributed by atoms with Gasteiger partial charge in [-0.2, -0.15) is 5.26 Å². The Morgan fingerprint density at radius 1 is 1.71 bits per heavy atom. The summed E-state index contributed by atoms with van der Waals surface area (Å²) in [4.78, 5) is 27.8. The van der Waals surface area contributed by atoms with Crippen molar-refractivity contribution in [3.8, 4) is 6.07 Å². The third kappa shape index (κ3) is 2.90. The van der Waals surface area contributed by atoms with Gasteiger partial charge in [-0.1, -0.05) is 0 Å². The largest absolute Gasteiger partial charge is 0.357 e. The van der Waals surface area contributed by atoms with Gasteiger partial charge in [-0.3, -0.25) is 14.9 Å². The minimum atomic E-state index is -0.606. The van der Waals surface area contributed by atoms with Crippen LogP contribution in [-0.2, 0) is 4.79 Å². The highest BCUT2D eigenvalue weighted by Crippen LogP contribution is 2.24. The van der Waals surface area contributed by atoms with E-state index < -0.39 is 11.0 Å². The molecule has 1 aliphatic rings. The summed E-state index contributed by atoms with van der Waals surface area (Å²) in [5.74, 6) is 0.0874. The van der Waals surface area contributed by atoms with Gasteiger partial charge in [0, 0.05) is 32.7 Å². The third-order valence-electron chi connectivity index (χ3n) is 3.25. The zero-order valence-corrected chi connectivity index (χ0v) is 11.4. The first-order valence-corrected chi connectivity index (χ1v) is 6.32. The summed E-state index contributed by atoms with van der Waals surface area (Å²) in [6.45, 7) is 1.54. The molecule has 9 heteroatoms. The second-order valence-electron chi connectivity index (χ2n) is 4.46. The monoisotopic (exact) mass is 290 g/mol. The number of nitrogens with zero attached hydrogens (tertiary/aromatic N) is 4. The van der Waals surface area contributed by atoms with Crippen molar-refractivity contribution >= 4 is 17.4 Å². The number of pyridine rings is 1. The summed E-state index contributed by atoms with van der Waals surface area (Å²) in [7, 11) is 1.53. The van der Waals surface area contributed by atoms with Gasteiger partial charge in [0.25, 0.3) is 5.69 Å². The minimum Gasteiger partial charge on any atom is -0.357 e. The van der Waals surface area contributed by atoms with Crippen molar-refractivity contribution in [1.29, 1.82) is 5.26 Å². The number of aromatic nitrogens is 1. The van der Waals surface area contributed by atoms with E-state index in [0.717, 1.165) is 6.20 Å². The maximum absolute atomic E-state index is 11.9. The number of hydrogen-bond acceptors (Lipinski definition) is 7. The summed E-state index contributed by atoms with van der Waals surface area (Å²) in [6, 6.07) is 2.57. The van der Waals surface area contributed by atoms with Crippen LogP contribution in [0.1, 0.15) is 5.56 Å². The zero-order valence-electron chi connectivity index (χ0n) is 11.4. The fraction of sp³-hybridized carbons (Fsp3) is 0.417. The molecule has 1 aromatic rings. The van der Waals surface area contributed by atoms with Crippen LogP contribution in [0.3, 0.4) is 0 Å². The van der Waals surface area contributed by atoms with Gasteiger partial charge in [0.15, 0.2) is 0 Å². The molecule has 2 heterocycles. The van der Waals surface area contributed by atoms with Crippen LogP contribution in [0.4, 0.5) is 11.5 Å². The molecule has 0 spiro atoms. The van der Waals surface area contributed by atoms with Gasteiger partial charge >= 0.3 is 0 Å². The molecule has 1 fully saturated rings. The Morgan fingerprint density at radius 3 is 3.10 bits per heavy atom. The van der Waals surface area contributed by atoms with Crippen LogP contribution in [0, 0.1) is 21.4 Å². The number of nitro groups is 1. The highest BCUT2D eigenvalue weighted by Gasteiger charge is 2.31. The van der Waals surface area contributed by atoms with Gasteiger partial charge < -0.3 is 15.5 Å². The highest BCUT2D eigenvalue weighted by atomic mass is 16.6. The topological polar surface area (TPSA) is 124 Å². The molecule has 1 atom stereocenters. The van der Waals surface area contributed by atoms with Gasteiger partial charge in [-0.05, 0) is 0 Å². The molecule has 21 heavy (non-hydrogen) atoms. The van der Waals surface area contributed by atoms with E-state index in [-0.39, 0.29) is 17.2 Å². The Bertz CT molecular complexity index is 612. The van der Waals surface area contributed by atoms with E-state index in [1.165, 1.54) is 13.1 Å². The first kappa shape index (κ1) is 14.7. The lowest BCUT2D eigenvalue weighted by Gasteiger charge is -2.36. The van der Waals surface area contributed by atoms with Crippen LogP contribution in [0.15, 0.2) is 12.3 Å². The first-order valence-electron chi connectivity index (χ1n) is 6.32. The van der Waals surface area contributed by atoms with Crippen LogP contribution in [0.25, 0.3) is 0 Å². The number of hydrogen-bond donors (Lipinski definition) is 2. The van der Waals surface area contributed by atoms with Gasteiger partial charge in [0.2, 0.25) is 5.91 Å². The molecular weight excluding hydrogens is 276 g/mol. The van der Waals surface area contributed by atoms with Crippen molar-refractivity contribution in [2.24, 2.45) is 0 Å². The molecule has 0 saturated carbocycles. The van der Waals surface area contributed by atoms with Crippen LogP contribution in [-0.4, -0.2) is 48.5 Å². The van der Waals surface area contributed by atoms with Crippen molar-refractivity contribution in [2.75, 3.05) is 31.6 Å². The molecule has 2 rings (SSSR count). The molecule has 110 valence electrons. The molecule has 2 N–H and O–H groups in total. The van der Waals surface area contributed by atoms with Crippen LogP contribution in [0.5, 0.6) is 0 Å². The molecule has 1 aliphatic heterocycles. The molecule has 1 unspecified atom stereocenters. The van der Waals surface area contributed by atoms with E-state index in [2.05, 4.69) is 15.6 Å². The molecule has 1 saturated heterocycles. The molecular formula is C12H14N6O3. The van der Waals surface area contributed by atoms with Crippen molar-refractivity contribution < 1.29 is 9.72 Å². The summed E-state index contributed by atoms with van der Waals surface area (Å²) < 4.78 is 0. The number of anilines is 1. The Hall–Kier alpha value is -2.73. The number of piperazine rings is 1. The number of carbonyl (C=O) groups is 1. The lowest BCUT2D eigenvalue weighted by atomic mass is 10.1. The van der Waals surface area contributed by atoms with Crippen LogP contribution >= 0.6 is 0 Å². The summed E-state index contributed by atoms with van der Waals surface area (Å²) in [6.07, 6.45) is 1.10. The number of carbonyl (C=O) groups excluding carboxylic acids is 1. The van der Waals surface area contributed by atoms with Gasteiger partial charge in [0.05, 0.1) is 4.92 Å². The zero-order chi connectivity index (χ0) is 15.4. The summed E-state index contributed by atoms with van der Waals surface area (Å²) >= 11 is 0. The number of amides is 1. The number of likely N-dealkylation sites (N-methyl/N-ethyl adjacent to an activating group) is 1. The smallest absolute Gasteiger partial charge is 0.289 e. The van der Waals surface area contributed by atoms with E-state index in [4.69, 9.17) is 0 Å². The standard InChI is InChI=1S/C12H14N6O3/c1-14-12(19)10-7-15-2-3-17(10)11-8(5-13)4-9(6-16-11)18(20)21/h4,6,10,15H,2-3,7H2,1H3,(H,14,19). The molecule has 0 aliphatic carbocycles. The van der Waals surface area contributed by atoms with E-state index in [9.17, 15) is 20.2 Å². The van der Waals surface area contributed by atoms with Crippen molar-refractivity contribution in [3.05, 3.63) is 27.9 Å². The van der Waals surface area contributed by atoms with Gasteiger partial charge in [0.1, 0.15) is 29.7 Å². The number of nitrogens with one attached hydrogen (secondary N) is 2. The molecule has 0 aromatic carbocycles. The van der Waals surface area contributed by atoms with E-state index in [1.807, 2.05) is 6.07 Å². The van der Waals surface area contributed by atoms with Crippen LogP contribution < -0.4 is 15.5 Å². The maximum Gasteiger partial charge on any atom is 0.289 e. The highest BCUT2D eigenvalue weighted by molar-refractivity contribution is 5.85. The Kier molecular flexibility index (Phi) is 4.30. The number of nitriles is 1. The van der Waals surface area contributed by atoms with Crippen molar-refractivity contribution in [3.63, 3.8) is 0 Å². The Balaban J connectivity index is 2.41. The molecule has 1 amide bonds. The van der Waals surface area contributed by atoms with Gasteiger partial charge in [-0.25, -0.2) is 4.98 Å². The fourth-order valence-electron chi connectivity index (χ4n) is 2.22. The molecule has 0 radical (unpaired) electrons. The fourth-order valence-corrected chi connectivity index (χ4v) is 2.22. The summed E-state index contributed by atoms with van der Waals surface area (Å²) in [5.41, 5.74) is -0.165. The first-order chi connectivity index (χ1) is 10.1. The quantitative estimate of drug-likeness (QED) is 0.561. The second-order valence-corrected chi connectivity index (χ2v) is 4.46. The van der Waals surface area contributed by atoms with Crippen LogP contribution in [0.2, 0.25) is 0 Å². The van der Waals surface area contributed by atoms with Crippen molar-refractivity contribution in [2.45, 2.75) is 6.04 Å². The number of rotatable bonds is 3. The second kappa shape index (κ2) is 6.15. The average molecular weight is 290 g/mol. The molecule has 1 aromatic heterocycles. The van der Waals surface area contributed by atoms with Gasteiger partial charge in [-0.15, -0.1) is 0 Å². The normalized spacial score (nSPS) is 17.9. The van der Waals surface area contributed by atoms with E-state index in [1.54, 1.807) is 4.90 Å². The van der Waals surface area contributed by atoms with Crippen molar-refractivity contribution in [1.82, 2.24) is 15.6 Å². The lowest BCUT2D eigenvalue weighted by molar-refractivity contribution is -0.385. The Labute approximate surface area is 120 Å². The molecule has 9 nitrogen and oxygen atoms in total. The predicted octanol–water partition coefficient (Wildman–Crippen LogP) is -0.614. The average Bonchev–Trinajstić information content (AvgIpc) is 2.53. The lowest BCUT2D eigenvalue weighted by Crippen LogP contribution is -2.58.